The molecule has 5 heteroatoms. The summed E-state index contributed by atoms with van der Waals surface area (Å²) in [5.74, 6) is 0.0568. The second kappa shape index (κ2) is 6.37. The molecule has 1 heterocycles. The first kappa shape index (κ1) is 13.7. The van der Waals surface area contributed by atoms with Crippen LogP contribution in [0.2, 0.25) is 0 Å². The second-order valence-corrected chi connectivity index (χ2v) is 5.66. The maximum absolute atomic E-state index is 11.1. The number of methoxy groups -OCH3 is 1. The Morgan fingerprint density at radius 1 is 1.69 bits per heavy atom. The highest BCUT2D eigenvalue weighted by molar-refractivity contribution is 9.10. The van der Waals surface area contributed by atoms with Crippen molar-refractivity contribution < 1.29 is 9.53 Å². The van der Waals surface area contributed by atoms with E-state index in [0.717, 1.165) is 15.8 Å². The number of hydrogen-bond donors (Lipinski definition) is 1. The Bertz CT molecular complexity index is 354. The van der Waals surface area contributed by atoms with Crippen LogP contribution in [0.25, 0.3) is 0 Å². The number of hydrogen-bond acceptors (Lipinski definition) is 4. The summed E-state index contributed by atoms with van der Waals surface area (Å²) in [5.41, 5.74) is 6.09. The topological polar surface area (TPSA) is 52.3 Å². The lowest BCUT2D eigenvalue weighted by atomic mass is 9.98. The largest absolute Gasteiger partial charge is 0.469 e. The molecule has 90 valence electrons. The number of carbonyl (C=O) groups is 1. The maximum Gasteiger partial charge on any atom is 0.305 e. The minimum absolute atomic E-state index is 0.0194. The predicted molar refractivity (Wildman–Crippen MR) is 69.4 cm³/mol. The van der Waals surface area contributed by atoms with Crippen LogP contribution in [0, 0.1) is 5.92 Å². The second-order valence-electron chi connectivity index (χ2n) is 3.86. The molecule has 0 amide bonds. The third kappa shape index (κ3) is 3.88. The molecule has 2 atom stereocenters. The number of ether oxygens (including phenoxy) is 1. The van der Waals surface area contributed by atoms with Gasteiger partial charge in [-0.05, 0) is 39.7 Å². The molecule has 1 rings (SSSR count). The molecule has 1 aromatic rings. The van der Waals surface area contributed by atoms with Crippen molar-refractivity contribution in [2.24, 2.45) is 11.7 Å². The van der Waals surface area contributed by atoms with Crippen molar-refractivity contribution >= 4 is 33.2 Å². The normalized spacial score (nSPS) is 14.5. The van der Waals surface area contributed by atoms with E-state index in [0.29, 0.717) is 6.42 Å². The highest BCUT2D eigenvalue weighted by Gasteiger charge is 2.17. The van der Waals surface area contributed by atoms with Crippen molar-refractivity contribution in [2.45, 2.75) is 25.8 Å². The minimum atomic E-state index is -0.176. The average molecular weight is 306 g/mol. The zero-order valence-electron chi connectivity index (χ0n) is 9.40. The number of thiophene rings is 1. The van der Waals surface area contributed by atoms with Gasteiger partial charge in [0.25, 0.3) is 0 Å². The fourth-order valence-corrected chi connectivity index (χ4v) is 3.25. The summed E-state index contributed by atoms with van der Waals surface area (Å²) >= 11 is 5.10. The van der Waals surface area contributed by atoms with Crippen LogP contribution in [0.5, 0.6) is 0 Å². The van der Waals surface area contributed by atoms with Gasteiger partial charge < -0.3 is 10.5 Å². The third-order valence-corrected chi connectivity index (χ3v) is 4.38. The Kier molecular flexibility index (Phi) is 5.44. The van der Waals surface area contributed by atoms with Crippen LogP contribution in [0.15, 0.2) is 15.9 Å². The van der Waals surface area contributed by atoms with Crippen LogP contribution in [-0.4, -0.2) is 13.1 Å². The molecule has 0 saturated heterocycles. The lowest BCUT2D eigenvalue weighted by Gasteiger charge is -2.15. The van der Waals surface area contributed by atoms with Gasteiger partial charge in [-0.25, -0.2) is 0 Å². The predicted octanol–water partition coefficient (Wildman–Crippen LogP) is 3.10. The van der Waals surface area contributed by atoms with E-state index in [1.807, 2.05) is 18.4 Å². The molecular weight excluding hydrogens is 290 g/mol. The molecule has 16 heavy (non-hydrogen) atoms. The zero-order chi connectivity index (χ0) is 12.1. The van der Waals surface area contributed by atoms with E-state index >= 15 is 0 Å². The van der Waals surface area contributed by atoms with Gasteiger partial charge in [0.05, 0.1) is 7.11 Å². The number of rotatable bonds is 5. The lowest BCUT2D eigenvalue weighted by Crippen LogP contribution is -2.16. The lowest BCUT2D eigenvalue weighted by molar-refractivity contribution is -0.141. The summed E-state index contributed by atoms with van der Waals surface area (Å²) in [6.07, 6.45) is 1.21. The van der Waals surface area contributed by atoms with Gasteiger partial charge in [-0.2, -0.15) is 0 Å². The van der Waals surface area contributed by atoms with Crippen LogP contribution >= 0.6 is 27.3 Å². The van der Waals surface area contributed by atoms with Crippen molar-refractivity contribution in [1.82, 2.24) is 0 Å². The fourth-order valence-electron chi connectivity index (χ4n) is 1.56. The number of carbonyl (C=O) groups excluding carboxylic acids is 1. The van der Waals surface area contributed by atoms with Gasteiger partial charge in [-0.15, -0.1) is 11.3 Å². The smallest absolute Gasteiger partial charge is 0.305 e. The van der Waals surface area contributed by atoms with Gasteiger partial charge in [-0.3, -0.25) is 4.79 Å². The van der Waals surface area contributed by atoms with E-state index in [-0.39, 0.29) is 17.9 Å². The van der Waals surface area contributed by atoms with E-state index in [1.165, 1.54) is 7.11 Å². The van der Waals surface area contributed by atoms with Crippen molar-refractivity contribution in [1.29, 1.82) is 0 Å². The fraction of sp³-hybridized carbons (Fsp3) is 0.545. The van der Waals surface area contributed by atoms with E-state index in [2.05, 4.69) is 20.7 Å². The summed E-state index contributed by atoms with van der Waals surface area (Å²) in [7, 11) is 1.41. The van der Waals surface area contributed by atoms with Gasteiger partial charge >= 0.3 is 5.97 Å². The van der Waals surface area contributed by atoms with Crippen LogP contribution in [0.3, 0.4) is 0 Å². The Morgan fingerprint density at radius 2 is 2.38 bits per heavy atom. The van der Waals surface area contributed by atoms with Gasteiger partial charge in [0.15, 0.2) is 0 Å². The summed E-state index contributed by atoms with van der Waals surface area (Å²) in [6.45, 7) is 2.01. The molecule has 0 aliphatic rings. The van der Waals surface area contributed by atoms with Crippen LogP contribution in [-0.2, 0) is 9.53 Å². The standard InChI is InChI=1S/C11H16BrNO2S/c1-7(6-10(14)15-2)5-9(13)11-8(12)3-4-16-11/h3-4,7,9H,5-6,13H2,1-2H3. The summed E-state index contributed by atoms with van der Waals surface area (Å²) < 4.78 is 5.68. The summed E-state index contributed by atoms with van der Waals surface area (Å²) in [4.78, 5) is 12.2. The van der Waals surface area contributed by atoms with Crippen molar-refractivity contribution in [3.8, 4) is 0 Å². The molecular formula is C11H16BrNO2S. The maximum atomic E-state index is 11.1. The van der Waals surface area contributed by atoms with Crippen molar-refractivity contribution in [2.75, 3.05) is 7.11 Å². The third-order valence-electron chi connectivity index (χ3n) is 2.38. The van der Waals surface area contributed by atoms with E-state index in [9.17, 15) is 4.79 Å². The quantitative estimate of drug-likeness (QED) is 0.851. The highest BCUT2D eigenvalue weighted by Crippen LogP contribution is 2.31. The first-order valence-electron chi connectivity index (χ1n) is 5.09. The van der Waals surface area contributed by atoms with Gasteiger partial charge in [-0.1, -0.05) is 6.92 Å². The number of nitrogens with two attached hydrogens (primary N) is 1. The molecule has 0 bridgehead atoms. The molecule has 0 aliphatic heterocycles. The van der Waals surface area contributed by atoms with Crippen LogP contribution in [0.4, 0.5) is 0 Å². The molecule has 2 N–H and O–H groups in total. The first-order chi connectivity index (χ1) is 7.54. The Morgan fingerprint density at radius 3 is 2.88 bits per heavy atom. The minimum Gasteiger partial charge on any atom is -0.469 e. The van der Waals surface area contributed by atoms with Crippen LogP contribution in [0.1, 0.15) is 30.7 Å². The molecule has 0 saturated carbocycles. The molecule has 3 nitrogen and oxygen atoms in total. The SMILES string of the molecule is COC(=O)CC(C)CC(N)c1sccc1Br. The van der Waals surface area contributed by atoms with Gasteiger partial charge in [0.2, 0.25) is 0 Å². The summed E-state index contributed by atoms with van der Waals surface area (Å²) in [6, 6.07) is 1.97. The number of esters is 1. The van der Waals surface area contributed by atoms with E-state index in [4.69, 9.17) is 5.73 Å². The molecule has 2 unspecified atom stereocenters. The molecule has 0 fully saturated rings. The summed E-state index contributed by atoms with van der Waals surface area (Å²) in [5, 5.41) is 2.00. The monoisotopic (exact) mass is 305 g/mol. The van der Waals surface area contributed by atoms with Crippen molar-refractivity contribution in [3.05, 3.63) is 20.8 Å². The first-order valence-corrected chi connectivity index (χ1v) is 6.77. The number of halogens is 1. The Labute approximate surface area is 108 Å². The average Bonchev–Trinajstić information content (AvgIpc) is 2.63. The molecule has 1 aromatic heterocycles. The van der Waals surface area contributed by atoms with Crippen molar-refractivity contribution in [3.63, 3.8) is 0 Å². The van der Waals surface area contributed by atoms with Gasteiger partial charge in [0.1, 0.15) is 0 Å². The zero-order valence-corrected chi connectivity index (χ0v) is 11.8. The van der Waals surface area contributed by atoms with E-state index < -0.39 is 0 Å². The molecule has 0 spiro atoms. The molecule has 0 aromatic carbocycles. The van der Waals surface area contributed by atoms with E-state index in [1.54, 1.807) is 11.3 Å². The Balaban J connectivity index is 2.48. The Hall–Kier alpha value is -0.390. The molecule has 0 radical (unpaired) electrons. The molecule has 0 aliphatic carbocycles. The van der Waals surface area contributed by atoms with Crippen LogP contribution < -0.4 is 5.73 Å². The van der Waals surface area contributed by atoms with Gasteiger partial charge in [0, 0.05) is 21.8 Å². The highest BCUT2D eigenvalue weighted by atomic mass is 79.9.